The molecule has 4 heterocycles. The fourth-order valence-corrected chi connectivity index (χ4v) is 4.55. The van der Waals surface area contributed by atoms with Crippen molar-refractivity contribution in [2.75, 3.05) is 31.7 Å². The van der Waals surface area contributed by atoms with Gasteiger partial charge in [-0.05, 0) is 19.8 Å². The first-order chi connectivity index (χ1) is 15.8. The van der Waals surface area contributed by atoms with E-state index < -0.39 is 22.8 Å². The van der Waals surface area contributed by atoms with Crippen LogP contribution in [0.15, 0.2) is 22.6 Å². The average Bonchev–Trinajstić information content (AvgIpc) is 3.28. The van der Waals surface area contributed by atoms with Crippen LogP contribution in [0.25, 0.3) is 16.2 Å². The van der Waals surface area contributed by atoms with Crippen LogP contribution in [0.2, 0.25) is 0 Å². The van der Waals surface area contributed by atoms with Crippen molar-refractivity contribution in [1.29, 1.82) is 0 Å². The summed E-state index contributed by atoms with van der Waals surface area (Å²) in [6.07, 6.45) is 4.72. The van der Waals surface area contributed by atoms with Gasteiger partial charge in [0.05, 0.1) is 11.3 Å². The Hall–Kier alpha value is -3.18. The lowest BCUT2D eigenvalue weighted by Gasteiger charge is -2.39. The molecule has 0 spiro atoms. The zero-order chi connectivity index (χ0) is 23.7. The molecule has 1 aliphatic rings. The van der Waals surface area contributed by atoms with E-state index >= 15 is 4.39 Å². The minimum atomic E-state index is -1.41. The summed E-state index contributed by atoms with van der Waals surface area (Å²) < 4.78 is 21.7. The number of carboxylic acids is 1. The largest absolute Gasteiger partial charge is 0.477 e. The highest BCUT2D eigenvalue weighted by Gasteiger charge is 2.35. The van der Waals surface area contributed by atoms with Crippen LogP contribution in [-0.2, 0) is 9.53 Å². The van der Waals surface area contributed by atoms with Gasteiger partial charge in [-0.15, -0.1) is 11.3 Å². The highest BCUT2D eigenvalue weighted by atomic mass is 32.1. The number of aromatic nitrogens is 3. The van der Waals surface area contributed by atoms with Gasteiger partial charge in [-0.1, -0.05) is 0 Å². The molecule has 0 amide bonds. The molecule has 33 heavy (non-hydrogen) atoms. The summed E-state index contributed by atoms with van der Waals surface area (Å²) in [7, 11) is 1.62. The van der Waals surface area contributed by atoms with Gasteiger partial charge in [0.1, 0.15) is 11.3 Å². The minimum absolute atomic E-state index is 0.0164. The van der Waals surface area contributed by atoms with Gasteiger partial charge < -0.3 is 14.7 Å². The number of aryl methyl sites for hydroxylation is 1. The Morgan fingerprint density at radius 1 is 1.33 bits per heavy atom. The van der Waals surface area contributed by atoms with Crippen molar-refractivity contribution in [1.82, 2.24) is 14.5 Å². The molecule has 11 heteroatoms. The fraction of sp³-hybridized carbons (Fsp3) is 0.409. The van der Waals surface area contributed by atoms with Gasteiger partial charge in [-0.25, -0.2) is 19.2 Å². The van der Waals surface area contributed by atoms with Crippen LogP contribution >= 0.6 is 11.3 Å². The maximum absolute atomic E-state index is 15.3. The number of halogens is 1. The molecule has 1 saturated heterocycles. The molecule has 1 fully saturated rings. The average molecular weight is 475 g/mol. The van der Waals surface area contributed by atoms with E-state index in [4.69, 9.17) is 4.74 Å². The molecule has 0 aliphatic carbocycles. The predicted octanol–water partition coefficient (Wildman–Crippen LogP) is 2.81. The molecule has 1 aliphatic heterocycles. The van der Waals surface area contributed by atoms with Crippen molar-refractivity contribution in [2.24, 2.45) is 5.92 Å². The number of carbonyl (C=O) groups excluding carboxylic acids is 1. The van der Waals surface area contributed by atoms with Crippen LogP contribution in [0.5, 0.6) is 0 Å². The van der Waals surface area contributed by atoms with Crippen molar-refractivity contribution in [3.05, 3.63) is 44.9 Å². The molecular weight excluding hydrogens is 451 g/mol. The van der Waals surface area contributed by atoms with Crippen LogP contribution in [0.4, 0.5) is 10.2 Å². The molecule has 0 radical (unpaired) electrons. The van der Waals surface area contributed by atoms with Gasteiger partial charge >= 0.3 is 5.97 Å². The van der Waals surface area contributed by atoms with E-state index in [9.17, 15) is 19.5 Å². The van der Waals surface area contributed by atoms with E-state index in [0.717, 1.165) is 12.8 Å². The van der Waals surface area contributed by atoms with Gasteiger partial charge in [0.15, 0.2) is 22.4 Å². The lowest BCUT2D eigenvalue weighted by Crippen LogP contribution is -2.51. The van der Waals surface area contributed by atoms with Crippen molar-refractivity contribution >= 4 is 39.9 Å². The lowest BCUT2D eigenvalue weighted by molar-refractivity contribution is -0.123. The first-order valence-electron chi connectivity index (χ1n) is 10.5. The quantitative estimate of drug-likeness (QED) is 0.471. The van der Waals surface area contributed by atoms with Crippen molar-refractivity contribution < 1.29 is 23.8 Å². The standard InChI is InChI=1S/C22H23FN4O5S/c1-12-16-18(29)14(21(30)31)11-27(22-24-6-8-33-22)19(16)25-20(17(12)23)26-9-13(10-26)15(28)5-3-4-7-32-2/h6,8,11,13H,3-5,7,9-10H2,1-2H3,(H,30,31). The monoisotopic (exact) mass is 474 g/mol. The molecule has 0 atom stereocenters. The molecule has 9 nitrogen and oxygen atoms in total. The molecule has 4 rings (SSSR count). The van der Waals surface area contributed by atoms with E-state index in [-0.39, 0.29) is 34.1 Å². The SMILES string of the molecule is COCCCCC(=O)C1CN(c2nc3c(c(C)c2F)c(=O)c(C(=O)O)cn3-c2nccs2)C1. The highest BCUT2D eigenvalue weighted by molar-refractivity contribution is 7.12. The molecular formula is C22H23FN4O5S. The Morgan fingerprint density at radius 3 is 2.73 bits per heavy atom. The molecule has 0 bridgehead atoms. The second kappa shape index (κ2) is 9.36. The Kier molecular flexibility index (Phi) is 6.52. The third kappa shape index (κ3) is 4.25. The number of nitrogens with zero attached hydrogens (tertiary/aromatic N) is 4. The van der Waals surface area contributed by atoms with Crippen molar-refractivity contribution in [3.63, 3.8) is 0 Å². The Bertz CT molecular complexity index is 1270. The molecule has 3 aromatic heterocycles. The third-order valence-corrected chi connectivity index (χ3v) is 6.58. The summed E-state index contributed by atoms with van der Waals surface area (Å²) >= 11 is 1.23. The van der Waals surface area contributed by atoms with Crippen molar-refractivity contribution in [2.45, 2.75) is 26.2 Å². The summed E-state index contributed by atoms with van der Waals surface area (Å²) in [6.45, 7) is 2.72. The number of hydrogen-bond donors (Lipinski definition) is 1. The molecule has 174 valence electrons. The zero-order valence-electron chi connectivity index (χ0n) is 18.2. The number of rotatable bonds is 9. The van der Waals surface area contributed by atoms with Crippen LogP contribution < -0.4 is 10.3 Å². The summed E-state index contributed by atoms with van der Waals surface area (Å²) in [5.74, 6) is -2.13. The molecule has 0 saturated carbocycles. The number of unbranched alkanes of at least 4 members (excludes halogenated alkanes) is 1. The Balaban J connectivity index is 1.69. The van der Waals surface area contributed by atoms with E-state index in [1.807, 2.05) is 0 Å². The predicted molar refractivity (Wildman–Crippen MR) is 121 cm³/mol. The maximum Gasteiger partial charge on any atom is 0.341 e. The van der Waals surface area contributed by atoms with Gasteiger partial charge in [-0.3, -0.25) is 14.2 Å². The summed E-state index contributed by atoms with van der Waals surface area (Å²) in [5, 5.41) is 11.5. The maximum atomic E-state index is 15.3. The zero-order valence-corrected chi connectivity index (χ0v) is 19.0. The van der Waals surface area contributed by atoms with Gasteiger partial charge in [0, 0.05) is 56.6 Å². The molecule has 0 unspecified atom stereocenters. The molecule has 0 aromatic carbocycles. The van der Waals surface area contributed by atoms with Crippen molar-refractivity contribution in [3.8, 4) is 5.13 Å². The van der Waals surface area contributed by atoms with E-state index in [0.29, 0.717) is 31.2 Å². The van der Waals surface area contributed by atoms with Crippen LogP contribution in [0.3, 0.4) is 0 Å². The normalized spacial score (nSPS) is 14.0. The summed E-state index contributed by atoms with van der Waals surface area (Å²) in [5.41, 5.74) is -1.14. The van der Waals surface area contributed by atoms with E-state index in [1.54, 1.807) is 23.6 Å². The Morgan fingerprint density at radius 2 is 2.09 bits per heavy atom. The number of hydrogen-bond acceptors (Lipinski definition) is 8. The van der Waals surface area contributed by atoms with Gasteiger partial charge in [0.25, 0.3) is 0 Å². The number of aromatic carboxylic acids is 1. The number of ketones is 1. The first-order valence-corrected chi connectivity index (χ1v) is 11.4. The first kappa shape index (κ1) is 23.0. The number of pyridine rings is 2. The number of carbonyl (C=O) groups is 2. The number of Topliss-reactive ketones (excluding diaryl/α,β-unsaturated/α-hetero) is 1. The summed E-state index contributed by atoms with van der Waals surface area (Å²) in [4.78, 5) is 47.1. The number of ether oxygens (including phenoxy) is 1. The van der Waals surface area contributed by atoms with E-state index in [2.05, 4.69) is 9.97 Å². The van der Waals surface area contributed by atoms with Crippen LogP contribution in [0, 0.1) is 18.7 Å². The number of carboxylic acid groups (broad SMARTS) is 1. The van der Waals surface area contributed by atoms with Gasteiger partial charge in [-0.2, -0.15) is 0 Å². The smallest absolute Gasteiger partial charge is 0.341 e. The summed E-state index contributed by atoms with van der Waals surface area (Å²) in [6, 6.07) is 0. The minimum Gasteiger partial charge on any atom is -0.477 e. The third-order valence-electron chi connectivity index (χ3n) is 5.81. The topological polar surface area (TPSA) is 115 Å². The number of fused-ring (bicyclic) bond motifs is 1. The second-order valence-corrected chi connectivity index (χ2v) is 8.83. The van der Waals surface area contributed by atoms with E-state index in [1.165, 1.54) is 29.0 Å². The number of methoxy groups -OCH3 is 1. The molecule has 3 aromatic rings. The molecule has 1 N–H and O–H groups in total. The van der Waals surface area contributed by atoms with Crippen LogP contribution in [-0.4, -0.2) is 58.2 Å². The number of anilines is 1. The Labute approximate surface area is 192 Å². The van der Waals surface area contributed by atoms with Crippen LogP contribution in [0.1, 0.15) is 35.2 Å². The highest BCUT2D eigenvalue weighted by Crippen LogP contribution is 2.32. The second-order valence-electron chi connectivity index (χ2n) is 7.95. The number of thiazole rings is 1. The van der Waals surface area contributed by atoms with Gasteiger partial charge in [0.2, 0.25) is 5.43 Å². The lowest BCUT2D eigenvalue weighted by atomic mass is 9.92. The fourth-order valence-electron chi connectivity index (χ4n) is 3.93.